The zero-order valence-corrected chi connectivity index (χ0v) is 11.5. The van der Waals surface area contributed by atoms with Crippen LogP contribution in [-0.4, -0.2) is 30.4 Å². The lowest BCUT2D eigenvalue weighted by atomic mass is 10.0. The highest BCUT2D eigenvalue weighted by molar-refractivity contribution is 5.68. The lowest BCUT2D eigenvalue weighted by Crippen LogP contribution is -2.37. The highest BCUT2D eigenvalue weighted by Crippen LogP contribution is 2.18. The van der Waals surface area contributed by atoms with E-state index < -0.39 is 0 Å². The maximum Gasteiger partial charge on any atom is 0.412 e. The fourth-order valence-corrected chi connectivity index (χ4v) is 2.23. The van der Waals surface area contributed by atoms with E-state index in [1.54, 1.807) is 4.90 Å². The van der Waals surface area contributed by atoms with E-state index in [1.807, 2.05) is 30.3 Å². The first-order valence-corrected chi connectivity index (χ1v) is 6.72. The highest BCUT2D eigenvalue weighted by atomic mass is 16.6. The Labute approximate surface area is 114 Å². The van der Waals surface area contributed by atoms with Crippen molar-refractivity contribution in [1.29, 1.82) is 0 Å². The smallest absolute Gasteiger partial charge is 0.412 e. The zero-order chi connectivity index (χ0) is 13.7. The van der Waals surface area contributed by atoms with Crippen molar-refractivity contribution < 1.29 is 14.3 Å². The van der Waals surface area contributed by atoms with E-state index in [2.05, 4.69) is 13.8 Å². The van der Waals surface area contributed by atoms with E-state index in [1.165, 1.54) is 0 Å². The summed E-state index contributed by atoms with van der Waals surface area (Å²) in [7, 11) is 0. The van der Waals surface area contributed by atoms with Gasteiger partial charge < -0.3 is 9.47 Å². The van der Waals surface area contributed by atoms with Crippen LogP contribution in [0.1, 0.15) is 25.8 Å². The van der Waals surface area contributed by atoms with Crippen molar-refractivity contribution in [2.45, 2.75) is 32.9 Å². The normalized spacial score (nSPS) is 18.9. The molecule has 0 saturated carbocycles. The Kier molecular flexibility index (Phi) is 4.80. The van der Waals surface area contributed by atoms with E-state index in [-0.39, 0.29) is 12.1 Å². The number of rotatable bonds is 4. The van der Waals surface area contributed by atoms with Crippen LogP contribution in [0, 0.1) is 5.92 Å². The molecule has 104 valence electrons. The molecular weight excluding hydrogens is 242 g/mol. The van der Waals surface area contributed by atoms with Gasteiger partial charge in [0.2, 0.25) is 0 Å². The van der Waals surface area contributed by atoms with Gasteiger partial charge in [0.25, 0.3) is 0 Å². The second-order valence-electron chi connectivity index (χ2n) is 5.29. The topological polar surface area (TPSA) is 38.8 Å². The van der Waals surface area contributed by atoms with Gasteiger partial charge in [-0.2, -0.15) is 0 Å². The summed E-state index contributed by atoms with van der Waals surface area (Å²) >= 11 is 0. The van der Waals surface area contributed by atoms with Crippen LogP contribution in [-0.2, 0) is 16.1 Å². The number of hydrogen-bond acceptors (Lipinski definition) is 3. The van der Waals surface area contributed by atoms with Crippen LogP contribution in [0.2, 0.25) is 0 Å². The lowest BCUT2D eigenvalue weighted by molar-refractivity contribution is 0.0743. The molecule has 1 aromatic rings. The molecule has 2 rings (SSSR count). The summed E-state index contributed by atoms with van der Waals surface area (Å²) in [6.07, 6.45) is 0.660. The number of benzene rings is 1. The van der Waals surface area contributed by atoms with Crippen LogP contribution in [0.3, 0.4) is 0 Å². The highest BCUT2D eigenvalue weighted by Gasteiger charge is 2.31. The van der Waals surface area contributed by atoms with Gasteiger partial charge in [-0.3, -0.25) is 4.90 Å². The predicted molar refractivity (Wildman–Crippen MR) is 72.5 cm³/mol. The van der Waals surface area contributed by atoms with Crippen molar-refractivity contribution in [2.75, 3.05) is 13.3 Å². The monoisotopic (exact) mass is 263 g/mol. The van der Waals surface area contributed by atoms with E-state index in [0.717, 1.165) is 12.0 Å². The number of nitrogens with zero attached hydrogens (tertiary/aromatic N) is 1. The van der Waals surface area contributed by atoms with Crippen LogP contribution >= 0.6 is 0 Å². The minimum Gasteiger partial charge on any atom is -0.444 e. The maximum absolute atomic E-state index is 12.0. The molecule has 0 aromatic heterocycles. The molecule has 19 heavy (non-hydrogen) atoms. The van der Waals surface area contributed by atoms with Gasteiger partial charge in [0.15, 0.2) is 0 Å². The van der Waals surface area contributed by atoms with E-state index in [9.17, 15) is 4.79 Å². The van der Waals surface area contributed by atoms with Gasteiger partial charge in [0.05, 0.1) is 12.6 Å². The molecule has 4 heteroatoms. The standard InChI is InChI=1S/C15H21NO3/c1-12(2)8-14-10-18-11-16(14)15(17)19-9-13-6-4-3-5-7-13/h3-7,12,14H,8-11H2,1-2H3/t14-/m0/s1. The van der Waals surface area contributed by atoms with Crippen molar-refractivity contribution >= 4 is 6.09 Å². The minimum atomic E-state index is -0.285. The van der Waals surface area contributed by atoms with Crippen LogP contribution < -0.4 is 0 Å². The lowest BCUT2D eigenvalue weighted by Gasteiger charge is -2.23. The van der Waals surface area contributed by atoms with Gasteiger partial charge >= 0.3 is 6.09 Å². The molecule has 4 nitrogen and oxygen atoms in total. The third kappa shape index (κ3) is 3.96. The average molecular weight is 263 g/mol. The summed E-state index contributed by atoms with van der Waals surface area (Å²) < 4.78 is 10.7. The number of hydrogen-bond donors (Lipinski definition) is 0. The second-order valence-corrected chi connectivity index (χ2v) is 5.29. The first-order chi connectivity index (χ1) is 9.16. The first-order valence-electron chi connectivity index (χ1n) is 6.72. The molecule has 1 aliphatic heterocycles. The first kappa shape index (κ1) is 13.9. The third-order valence-electron chi connectivity index (χ3n) is 3.16. The van der Waals surface area contributed by atoms with Crippen LogP contribution in [0.5, 0.6) is 0 Å². The van der Waals surface area contributed by atoms with Crippen LogP contribution in [0.15, 0.2) is 30.3 Å². The maximum atomic E-state index is 12.0. The van der Waals surface area contributed by atoms with Gasteiger partial charge in [-0.25, -0.2) is 4.79 Å². The van der Waals surface area contributed by atoms with Gasteiger partial charge in [-0.05, 0) is 17.9 Å². The Morgan fingerprint density at radius 3 is 2.84 bits per heavy atom. The molecule has 1 aromatic carbocycles. The number of carbonyl (C=O) groups is 1. The molecule has 0 N–H and O–H groups in total. The van der Waals surface area contributed by atoms with Crippen molar-refractivity contribution in [2.24, 2.45) is 5.92 Å². The molecular formula is C15H21NO3. The SMILES string of the molecule is CC(C)C[C@H]1COCN1C(=O)OCc1ccccc1. The molecule has 1 saturated heterocycles. The Balaban J connectivity index is 1.85. The predicted octanol–water partition coefficient (Wildman–Crippen LogP) is 3.03. The number of amides is 1. The summed E-state index contributed by atoms with van der Waals surface area (Å²) in [6.45, 7) is 5.55. The van der Waals surface area contributed by atoms with Crippen molar-refractivity contribution in [3.05, 3.63) is 35.9 Å². The largest absolute Gasteiger partial charge is 0.444 e. The molecule has 0 radical (unpaired) electrons. The number of ether oxygens (including phenoxy) is 2. The summed E-state index contributed by atoms with van der Waals surface area (Å²) in [5, 5.41) is 0. The Hall–Kier alpha value is -1.55. The van der Waals surface area contributed by atoms with Crippen LogP contribution in [0.25, 0.3) is 0 Å². The summed E-state index contributed by atoms with van der Waals surface area (Å²) in [6, 6.07) is 9.84. The molecule has 0 bridgehead atoms. The number of carbonyl (C=O) groups excluding carboxylic acids is 1. The quantitative estimate of drug-likeness (QED) is 0.838. The fourth-order valence-electron chi connectivity index (χ4n) is 2.23. The molecule has 0 spiro atoms. The molecule has 1 amide bonds. The van der Waals surface area contributed by atoms with Gasteiger partial charge in [-0.1, -0.05) is 44.2 Å². The second kappa shape index (κ2) is 6.57. The van der Waals surface area contributed by atoms with Crippen molar-refractivity contribution in [3.63, 3.8) is 0 Å². The molecule has 1 heterocycles. The summed E-state index contributed by atoms with van der Waals surface area (Å²) in [4.78, 5) is 13.7. The van der Waals surface area contributed by atoms with E-state index in [0.29, 0.717) is 25.9 Å². The molecule has 0 unspecified atom stereocenters. The molecule has 0 aliphatic carbocycles. The average Bonchev–Trinajstić information content (AvgIpc) is 2.84. The van der Waals surface area contributed by atoms with E-state index in [4.69, 9.17) is 9.47 Å². The van der Waals surface area contributed by atoms with Gasteiger partial charge in [0, 0.05) is 0 Å². The fraction of sp³-hybridized carbons (Fsp3) is 0.533. The van der Waals surface area contributed by atoms with Gasteiger partial charge in [-0.15, -0.1) is 0 Å². The van der Waals surface area contributed by atoms with Crippen molar-refractivity contribution in [3.8, 4) is 0 Å². The third-order valence-corrected chi connectivity index (χ3v) is 3.16. The van der Waals surface area contributed by atoms with Gasteiger partial charge in [0.1, 0.15) is 13.3 Å². The molecule has 1 fully saturated rings. The Morgan fingerprint density at radius 2 is 2.16 bits per heavy atom. The summed E-state index contributed by atoms with van der Waals surface area (Å²) in [5.74, 6) is 0.538. The zero-order valence-electron chi connectivity index (χ0n) is 11.5. The van der Waals surface area contributed by atoms with E-state index >= 15 is 0 Å². The van der Waals surface area contributed by atoms with Crippen LogP contribution in [0.4, 0.5) is 4.79 Å². The Bertz CT molecular complexity index is 405. The molecule has 1 aliphatic rings. The molecule has 1 atom stereocenters. The van der Waals surface area contributed by atoms with Crippen molar-refractivity contribution in [1.82, 2.24) is 4.90 Å². The summed E-state index contributed by atoms with van der Waals surface area (Å²) in [5.41, 5.74) is 0.997. The Morgan fingerprint density at radius 1 is 1.42 bits per heavy atom. The minimum absolute atomic E-state index is 0.142.